The number of hydrogen-bond donors (Lipinski definition) is 3. The van der Waals surface area contributed by atoms with Gasteiger partial charge in [0.1, 0.15) is 5.75 Å². The van der Waals surface area contributed by atoms with E-state index in [1.54, 1.807) is 24.3 Å². The van der Waals surface area contributed by atoms with Crippen LogP contribution in [0.15, 0.2) is 24.3 Å². The van der Waals surface area contributed by atoms with E-state index < -0.39 is 6.10 Å². The summed E-state index contributed by atoms with van der Waals surface area (Å²) in [4.78, 5) is 0. The highest BCUT2D eigenvalue weighted by molar-refractivity contribution is 5.27. The Morgan fingerprint density at radius 1 is 1.33 bits per heavy atom. The molecule has 1 aliphatic rings. The summed E-state index contributed by atoms with van der Waals surface area (Å²) in [5.74, 6) is 0.822. The zero-order valence-corrected chi connectivity index (χ0v) is 8.69. The highest BCUT2D eigenvalue weighted by Crippen LogP contribution is 2.25. The van der Waals surface area contributed by atoms with Crippen molar-refractivity contribution in [1.82, 2.24) is 5.32 Å². The van der Waals surface area contributed by atoms with Gasteiger partial charge in [0.2, 0.25) is 0 Å². The van der Waals surface area contributed by atoms with Gasteiger partial charge in [0.05, 0.1) is 6.10 Å². The molecule has 3 N–H and O–H groups in total. The Labute approximate surface area is 89.8 Å². The predicted octanol–water partition coefficient (Wildman–Crippen LogP) is 1.43. The number of aliphatic hydroxyl groups excluding tert-OH is 1. The fraction of sp³-hybridized carbons (Fsp3) is 0.500. The summed E-state index contributed by atoms with van der Waals surface area (Å²) >= 11 is 0. The first-order chi connectivity index (χ1) is 7.25. The fourth-order valence-corrected chi connectivity index (χ4v) is 2.06. The molecule has 0 saturated carbocycles. The third-order valence-corrected chi connectivity index (χ3v) is 3.00. The standard InChI is InChI=1S/C12H17NO2/c14-11-3-1-10(2-4-11)12(15)7-9-5-6-13-8-9/h1-4,9,12-15H,5-8H2. The van der Waals surface area contributed by atoms with Crippen molar-refractivity contribution in [3.8, 4) is 5.75 Å². The summed E-state index contributed by atoms with van der Waals surface area (Å²) in [6.07, 6.45) is 1.54. The highest BCUT2D eigenvalue weighted by Gasteiger charge is 2.19. The van der Waals surface area contributed by atoms with Crippen LogP contribution in [0.25, 0.3) is 0 Å². The minimum Gasteiger partial charge on any atom is -0.508 e. The molecule has 82 valence electrons. The number of aromatic hydroxyl groups is 1. The number of nitrogens with one attached hydrogen (secondary N) is 1. The van der Waals surface area contributed by atoms with Crippen molar-refractivity contribution in [3.63, 3.8) is 0 Å². The quantitative estimate of drug-likeness (QED) is 0.702. The summed E-state index contributed by atoms with van der Waals surface area (Å²) < 4.78 is 0. The maximum absolute atomic E-state index is 9.96. The Morgan fingerprint density at radius 3 is 2.67 bits per heavy atom. The zero-order valence-electron chi connectivity index (χ0n) is 8.69. The first-order valence-electron chi connectivity index (χ1n) is 5.43. The maximum Gasteiger partial charge on any atom is 0.115 e. The number of rotatable bonds is 3. The van der Waals surface area contributed by atoms with Crippen molar-refractivity contribution in [3.05, 3.63) is 29.8 Å². The van der Waals surface area contributed by atoms with Crippen LogP contribution in [0.4, 0.5) is 0 Å². The first-order valence-corrected chi connectivity index (χ1v) is 5.43. The van der Waals surface area contributed by atoms with Crippen LogP contribution in [0.3, 0.4) is 0 Å². The second kappa shape index (κ2) is 4.64. The summed E-state index contributed by atoms with van der Waals surface area (Å²) in [5.41, 5.74) is 0.889. The molecule has 0 aromatic heterocycles. The SMILES string of the molecule is Oc1ccc(C(O)CC2CCNC2)cc1. The highest BCUT2D eigenvalue weighted by atomic mass is 16.3. The topological polar surface area (TPSA) is 52.5 Å². The summed E-state index contributed by atoms with van der Waals surface area (Å²) in [6, 6.07) is 6.79. The van der Waals surface area contributed by atoms with E-state index in [2.05, 4.69) is 5.32 Å². The van der Waals surface area contributed by atoms with Gasteiger partial charge in [-0.25, -0.2) is 0 Å². The molecular formula is C12H17NO2. The third kappa shape index (κ3) is 2.70. The van der Waals surface area contributed by atoms with Gasteiger partial charge < -0.3 is 15.5 Å². The fourth-order valence-electron chi connectivity index (χ4n) is 2.06. The van der Waals surface area contributed by atoms with Crippen LogP contribution in [-0.4, -0.2) is 23.3 Å². The van der Waals surface area contributed by atoms with E-state index in [-0.39, 0.29) is 5.75 Å². The average Bonchev–Trinajstić information content (AvgIpc) is 2.71. The van der Waals surface area contributed by atoms with Gasteiger partial charge in [0, 0.05) is 0 Å². The van der Waals surface area contributed by atoms with Crippen molar-refractivity contribution < 1.29 is 10.2 Å². The van der Waals surface area contributed by atoms with Crippen LogP contribution in [0.2, 0.25) is 0 Å². The Hall–Kier alpha value is -1.06. The molecule has 3 nitrogen and oxygen atoms in total. The van der Waals surface area contributed by atoms with Gasteiger partial charge in [-0.3, -0.25) is 0 Å². The second-order valence-electron chi connectivity index (χ2n) is 4.20. The molecule has 3 heteroatoms. The number of hydrogen-bond acceptors (Lipinski definition) is 3. The molecule has 0 amide bonds. The van der Waals surface area contributed by atoms with Crippen LogP contribution < -0.4 is 5.32 Å². The molecule has 0 aliphatic carbocycles. The molecular weight excluding hydrogens is 190 g/mol. The van der Waals surface area contributed by atoms with Gasteiger partial charge in [0.25, 0.3) is 0 Å². The summed E-state index contributed by atoms with van der Waals surface area (Å²) in [6.45, 7) is 2.07. The van der Waals surface area contributed by atoms with E-state index in [1.165, 1.54) is 0 Å². The van der Waals surface area contributed by atoms with Gasteiger partial charge in [-0.2, -0.15) is 0 Å². The van der Waals surface area contributed by atoms with Crippen LogP contribution >= 0.6 is 0 Å². The van der Waals surface area contributed by atoms with Gasteiger partial charge in [-0.15, -0.1) is 0 Å². The average molecular weight is 207 g/mol. The van der Waals surface area contributed by atoms with Gasteiger partial charge in [-0.05, 0) is 49.5 Å². The van der Waals surface area contributed by atoms with E-state index in [1.807, 2.05) is 0 Å². The number of phenols is 1. The largest absolute Gasteiger partial charge is 0.508 e. The number of phenolic OH excluding ortho intramolecular Hbond substituents is 1. The lowest BCUT2D eigenvalue weighted by atomic mass is 9.96. The van der Waals surface area contributed by atoms with Crippen molar-refractivity contribution >= 4 is 0 Å². The van der Waals surface area contributed by atoms with Crippen molar-refractivity contribution in [1.29, 1.82) is 0 Å². The van der Waals surface area contributed by atoms with Crippen LogP contribution in [-0.2, 0) is 0 Å². The predicted molar refractivity (Wildman–Crippen MR) is 58.7 cm³/mol. The molecule has 2 rings (SSSR count). The van der Waals surface area contributed by atoms with Crippen LogP contribution in [0.1, 0.15) is 24.5 Å². The monoisotopic (exact) mass is 207 g/mol. The van der Waals surface area contributed by atoms with E-state index in [0.29, 0.717) is 5.92 Å². The number of benzene rings is 1. The molecule has 15 heavy (non-hydrogen) atoms. The molecule has 1 aromatic carbocycles. The van der Waals surface area contributed by atoms with Gasteiger partial charge in [0.15, 0.2) is 0 Å². The first kappa shape index (κ1) is 10.5. The van der Waals surface area contributed by atoms with Crippen LogP contribution in [0, 0.1) is 5.92 Å². The molecule has 1 aromatic rings. The minimum absolute atomic E-state index is 0.244. The molecule has 0 radical (unpaired) electrons. The van der Waals surface area contributed by atoms with Crippen LogP contribution in [0.5, 0.6) is 5.75 Å². The molecule has 0 bridgehead atoms. The molecule has 1 heterocycles. The lowest BCUT2D eigenvalue weighted by Crippen LogP contribution is -2.11. The summed E-state index contributed by atoms with van der Waals surface area (Å²) in [7, 11) is 0. The van der Waals surface area contributed by atoms with Crippen molar-refractivity contribution in [2.75, 3.05) is 13.1 Å². The van der Waals surface area contributed by atoms with E-state index in [4.69, 9.17) is 5.11 Å². The normalized spacial score (nSPS) is 22.9. The van der Waals surface area contributed by atoms with Crippen molar-refractivity contribution in [2.45, 2.75) is 18.9 Å². The molecule has 1 saturated heterocycles. The van der Waals surface area contributed by atoms with E-state index in [0.717, 1.165) is 31.5 Å². The second-order valence-corrected chi connectivity index (χ2v) is 4.20. The lowest BCUT2D eigenvalue weighted by molar-refractivity contribution is 0.147. The maximum atomic E-state index is 9.96. The Balaban J connectivity index is 1.94. The Bertz CT molecular complexity index is 304. The molecule has 1 fully saturated rings. The third-order valence-electron chi connectivity index (χ3n) is 3.00. The summed E-state index contributed by atoms with van der Waals surface area (Å²) in [5, 5.41) is 22.4. The Kier molecular flexibility index (Phi) is 3.23. The smallest absolute Gasteiger partial charge is 0.115 e. The van der Waals surface area contributed by atoms with Gasteiger partial charge in [-0.1, -0.05) is 12.1 Å². The van der Waals surface area contributed by atoms with Crippen molar-refractivity contribution in [2.24, 2.45) is 5.92 Å². The van der Waals surface area contributed by atoms with E-state index in [9.17, 15) is 5.11 Å². The zero-order chi connectivity index (χ0) is 10.7. The Morgan fingerprint density at radius 2 is 2.07 bits per heavy atom. The minimum atomic E-state index is -0.407. The lowest BCUT2D eigenvalue weighted by Gasteiger charge is -2.15. The molecule has 2 unspecified atom stereocenters. The van der Waals surface area contributed by atoms with Gasteiger partial charge >= 0.3 is 0 Å². The molecule has 0 spiro atoms. The molecule has 1 aliphatic heterocycles. The molecule has 2 atom stereocenters. The number of aliphatic hydroxyl groups is 1. The van der Waals surface area contributed by atoms with E-state index >= 15 is 0 Å².